The van der Waals surface area contributed by atoms with E-state index in [0.29, 0.717) is 0 Å². The number of benzene rings is 1. The standard InChI is InChI=1S/C15H20ClNO2/c1-9(2)14(15(18)19-3)17-13-7-4-10-8-11(16)5-6-12(10)13/h5-6,8-9,13-14,17H,4,7H2,1-3H3. The Bertz CT molecular complexity index is 473. The summed E-state index contributed by atoms with van der Waals surface area (Å²) in [5.41, 5.74) is 2.52. The number of aryl methyl sites for hydroxylation is 1. The van der Waals surface area contributed by atoms with E-state index in [1.807, 2.05) is 26.0 Å². The summed E-state index contributed by atoms with van der Waals surface area (Å²) in [5.74, 6) is 0.00112. The third-order valence-corrected chi connectivity index (χ3v) is 3.92. The lowest BCUT2D eigenvalue weighted by Crippen LogP contribution is -2.43. The number of fused-ring (bicyclic) bond motifs is 1. The van der Waals surface area contributed by atoms with E-state index in [4.69, 9.17) is 16.3 Å². The lowest BCUT2D eigenvalue weighted by Gasteiger charge is -2.24. The molecule has 1 aliphatic rings. The number of esters is 1. The quantitative estimate of drug-likeness (QED) is 0.862. The number of nitrogens with one attached hydrogen (secondary N) is 1. The Kier molecular flexibility index (Phi) is 4.48. The predicted octanol–water partition coefficient (Wildman–Crippen LogP) is 3.11. The molecule has 104 valence electrons. The molecule has 0 radical (unpaired) electrons. The van der Waals surface area contributed by atoms with E-state index in [1.165, 1.54) is 18.2 Å². The number of hydrogen-bond donors (Lipinski definition) is 1. The minimum atomic E-state index is -0.267. The van der Waals surface area contributed by atoms with Crippen LogP contribution in [0, 0.1) is 5.92 Å². The van der Waals surface area contributed by atoms with Crippen LogP contribution in [-0.4, -0.2) is 19.1 Å². The van der Waals surface area contributed by atoms with Crippen LogP contribution in [0.3, 0.4) is 0 Å². The second kappa shape index (κ2) is 5.93. The molecular weight excluding hydrogens is 262 g/mol. The SMILES string of the molecule is COC(=O)C(NC1CCc2cc(Cl)ccc21)C(C)C. The van der Waals surface area contributed by atoms with Gasteiger partial charge in [0.1, 0.15) is 6.04 Å². The Morgan fingerprint density at radius 2 is 2.21 bits per heavy atom. The molecule has 3 nitrogen and oxygen atoms in total. The van der Waals surface area contributed by atoms with Gasteiger partial charge in [-0.15, -0.1) is 0 Å². The second-order valence-corrected chi connectivity index (χ2v) is 5.78. The summed E-state index contributed by atoms with van der Waals surface area (Å²) in [6, 6.07) is 5.91. The highest BCUT2D eigenvalue weighted by molar-refractivity contribution is 6.30. The summed E-state index contributed by atoms with van der Waals surface area (Å²) in [7, 11) is 1.43. The number of carbonyl (C=O) groups is 1. The summed E-state index contributed by atoms with van der Waals surface area (Å²) in [6.07, 6.45) is 2.00. The molecule has 0 aliphatic heterocycles. The fraction of sp³-hybridized carbons (Fsp3) is 0.533. The monoisotopic (exact) mass is 281 g/mol. The first-order chi connectivity index (χ1) is 9.02. The Morgan fingerprint density at radius 3 is 2.84 bits per heavy atom. The number of ether oxygens (including phenoxy) is 1. The summed E-state index contributed by atoms with van der Waals surface area (Å²) in [5, 5.41) is 4.20. The van der Waals surface area contributed by atoms with E-state index < -0.39 is 0 Å². The first-order valence-electron chi connectivity index (χ1n) is 6.65. The molecule has 1 aromatic rings. The van der Waals surface area contributed by atoms with Gasteiger partial charge in [-0.2, -0.15) is 0 Å². The molecule has 2 unspecified atom stereocenters. The normalized spacial score (nSPS) is 19.3. The van der Waals surface area contributed by atoms with E-state index in [2.05, 4.69) is 11.4 Å². The molecule has 0 spiro atoms. The van der Waals surface area contributed by atoms with Crippen LogP contribution in [0.1, 0.15) is 37.4 Å². The van der Waals surface area contributed by atoms with Crippen LogP contribution in [0.4, 0.5) is 0 Å². The average Bonchev–Trinajstić information content (AvgIpc) is 2.76. The molecule has 1 N–H and O–H groups in total. The van der Waals surface area contributed by atoms with Gasteiger partial charge in [0, 0.05) is 11.1 Å². The molecular formula is C15H20ClNO2. The summed E-state index contributed by atoms with van der Waals surface area (Å²) in [4.78, 5) is 11.8. The number of carbonyl (C=O) groups excluding carboxylic acids is 1. The fourth-order valence-corrected chi connectivity index (χ4v) is 2.83. The van der Waals surface area contributed by atoms with Gasteiger partial charge in [-0.1, -0.05) is 31.5 Å². The maximum absolute atomic E-state index is 11.8. The molecule has 0 bridgehead atoms. The van der Waals surface area contributed by atoms with Crippen molar-refractivity contribution in [3.63, 3.8) is 0 Å². The van der Waals surface area contributed by atoms with Gasteiger partial charge in [0.15, 0.2) is 0 Å². The topological polar surface area (TPSA) is 38.3 Å². The molecule has 0 amide bonds. The van der Waals surface area contributed by atoms with E-state index in [9.17, 15) is 4.79 Å². The van der Waals surface area contributed by atoms with Crippen molar-refractivity contribution >= 4 is 17.6 Å². The van der Waals surface area contributed by atoms with Crippen molar-refractivity contribution in [1.82, 2.24) is 5.32 Å². The van der Waals surface area contributed by atoms with Crippen molar-refractivity contribution in [2.75, 3.05) is 7.11 Å². The highest BCUT2D eigenvalue weighted by atomic mass is 35.5. The van der Waals surface area contributed by atoms with Crippen LogP contribution >= 0.6 is 11.6 Å². The van der Waals surface area contributed by atoms with Gasteiger partial charge >= 0.3 is 5.97 Å². The highest BCUT2D eigenvalue weighted by Crippen LogP contribution is 2.33. The highest BCUT2D eigenvalue weighted by Gasteiger charge is 2.30. The minimum Gasteiger partial charge on any atom is -0.468 e. The van der Waals surface area contributed by atoms with Crippen LogP contribution in [0.5, 0.6) is 0 Å². The molecule has 19 heavy (non-hydrogen) atoms. The molecule has 0 saturated heterocycles. The predicted molar refractivity (Wildman–Crippen MR) is 76.3 cm³/mol. The summed E-state index contributed by atoms with van der Waals surface area (Å²) < 4.78 is 4.87. The van der Waals surface area contributed by atoms with Gasteiger partial charge in [0.25, 0.3) is 0 Å². The smallest absolute Gasteiger partial charge is 0.323 e. The lowest BCUT2D eigenvalue weighted by atomic mass is 10.0. The van der Waals surface area contributed by atoms with Crippen molar-refractivity contribution in [1.29, 1.82) is 0 Å². The second-order valence-electron chi connectivity index (χ2n) is 5.35. The third-order valence-electron chi connectivity index (χ3n) is 3.69. The fourth-order valence-electron chi connectivity index (χ4n) is 2.64. The summed E-state index contributed by atoms with van der Waals surface area (Å²) in [6.45, 7) is 4.04. The van der Waals surface area contributed by atoms with E-state index in [-0.39, 0.29) is 24.0 Å². The van der Waals surface area contributed by atoms with Crippen molar-refractivity contribution in [3.8, 4) is 0 Å². The van der Waals surface area contributed by atoms with Gasteiger partial charge in [-0.05, 0) is 42.0 Å². The Balaban J connectivity index is 2.15. The third kappa shape index (κ3) is 3.10. The van der Waals surface area contributed by atoms with E-state index in [1.54, 1.807) is 0 Å². The maximum Gasteiger partial charge on any atom is 0.323 e. The summed E-state index contributed by atoms with van der Waals surface area (Å²) >= 11 is 6.01. The average molecular weight is 282 g/mol. The zero-order valence-corrected chi connectivity index (χ0v) is 12.3. The minimum absolute atomic E-state index is 0.197. The van der Waals surface area contributed by atoms with Crippen molar-refractivity contribution in [2.24, 2.45) is 5.92 Å². The first kappa shape index (κ1) is 14.4. The Morgan fingerprint density at radius 1 is 1.47 bits per heavy atom. The van der Waals surface area contributed by atoms with Crippen LogP contribution in [-0.2, 0) is 16.0 Å². The molecule has 2 rings (SSSR count). The van der Waals surface area contributed by atoms with Crippen molar-refractivity contribution in [3.05, 3.63) is 34.3 Å². The van der Waals surface area contributed by atoms with Gasteiger partial charge in [-0.3, -0.25) is 10.1 Å². The molecule has 0 aromatic heterocycles. The van der Waals surface area contributed by atoms with Gasteiger partial charge < -0.3 is 4.74 Å². The zero-order valence-electron chi connectivity index (χ0n) is 11.6. The molecule has 0 saturated carbocycles. The Hall–Kier alpha value is -1.06. The van der Waals surface area contributed by atoms with Gasteiger partial charge in [0.05, 0.1) is 7.11 Å². The lowest BCUT2D eigenvalue weighted by molar-refractivity contribution is -0.144. The molecule has 0 heterocycles. The number of methoxy groups -OCH3 is 1. The van der Waals surface area contributed by atoms with Crippen molar-refractivity contribution < 1.29 is 9.53 Å². The number of rotatable bonds is 4. The molecule has 1 aromatic carbocycles. The van der Waals surface area contributed by atoms with E-state index >= 15 is 0 Å². The zero-order chi connectivity index (χ0) is 14.0. The van der Waals surface area contributed by atoms with E-state index in [0.717, 1.165) is 17.9 Å². The van der Waals surface area contributed by atoms with Crippen LogP contribution in [0.25, 0.3) is 0 Å². The van der Waals surface area contributed by atoms with Crippen LogP contribution < -0.4 is 5.32 Å². The number of hydrogen-bond acceptors (Lipinski definition) is 3. The maximum atomic E-state index is 11.8. The van der Waals surface area contributed by atoms with Crippen molar-refractivity contribution in [2.45, 2.75) is 38.8 Å². The number of halogens is 1. The molecule has 2 atom stereocenters. The van der Waals surface area contributed by atoms with Crippen LogP contribution in [0.15, 0.2) is 18.2 Å². The largest absolute Gasteiger partial charge is 0.468 e. The molecule has 4 heteroatoms. The molecule has 0 fully saturated rings. The Labute approximate surface area is 119 Å². The molecule has 1 aliphatic carbocycles. The van der Waals surface area contributed by atoms with Gasteiger partial charge in [-0.25, -0.2) is 0 Å². The van der Waals surface area contributed by atoms with Gasteiger partial charge in [0.2, 0.25) is 0 Å². The van der Waals surface area contributed by atoms with Crippen LogP contribution in [0.2, 0.25) is 5.02 Å². The first-order valence-corrected chi connectivity index (χ1v) is 7.03.